The third-order valence-corrected chi connectivity index (χ3v) is 8.84. The second kappa shape index (κ2) is 7.17. The summed E-state index contributed by atoms with van der Waals surface area (Å²) in [4.78, 5) is 23.4. The Kier molecular flexibility index (Phi) is 5.21. The molecule has 0 spiro atoms. The molecule has 0 saturated carbocycles. The van der Waals surface area contributed by atoms with Crippen molar-refractivity contribution >= 4 is 24.6 Å². The molecule has 2 aliphatic rings. The minimum Gasteiger partial charge on any atom is -0.387 e. The Labute approximate surface area is 178 Å². The average Bonchev–Trinajstić information content (AvgIpc) is 3.20. The summed E-state index contributed by atoms with van der Waals surface area (Å²) < 4.78 is 26.2. The number of hydrogen-bond donors (Lipinski definition) is 5. The summed E-state index contributed by atoms with van der Waals surface area (Å²) in [6.07, 6.45) is -3.28. The summed E-state index contributed by atoms with van der Waals surface area (Å²) in [5.74, 6) is -0.460. The molecule has 1 saturated heterocycles. The van der Waals surface area contributed by atoms with E-state index >= 15 is 0 Å². The molecule has 2 aliphatic heterocycles. The largest absolute Gasteiger partial charge is 0.387 e. The number of nitrogen functional groups attached to an aromatic ring is 1. The van der Waals surface area contributed by atoms with E-state index in [-0.39, 0.29) is 24.2 Å². The van der Waals surface area contributed by atoms with Gasteiger partial charge in [-0.25, -0.2) is 15.0 Å². The summed E-state index contributed by atoms with van der Waals surface area (Å²) in [7, 11) is -4.55. The first-order valence-corrected chi connectivity index (χ1v) is 11.7. The van der Waals surface area contributed by atoms with E-state index in [0.717, 1.165) is 0 Å². The van der Waals surface area contributed by atoms with Crippen LogP contribution in [0.1, 0.15) is 58.5 Å². The molecule has 172 valence electrons. The van der Waals surface area contributed by atoms with Gasteiger partial charge in [-0.3, -0.25) is 13.7 Å². The number of nitrogens with two attached hydrogens (primary N) is 1. The van der Waals surface area contributed by atoms with Crippen LogP contribution < -0.4 is 5.73 Å². The molecular weight excluding hydrogens is 429 g/mol. The molecule has 0 radical (unpaired) electrons. The molecule has 1 fully saturated rings. The van der Waals surface area contributed by atoms with Crippen molar-refractivity contribution in [1.82, 2.24) is 19.5 Å². The maximum Gasteiger partial charge on any atom is 0.359 e. The second-order valence-corrected chi connectivity index (χ2v) is 10.7. The van der Waals surface area contributed by atoms with E-state index in [2.05, 4.69) is 15.0 Å². The topological polar surface area (TPSA) is 186 Å². The first-order chi connectivity index (χ1) is 14.4. The van der Waals surface area contributed by atoms with Gasteiger partial charge in [-0.15, -0.1) is 0 Å². The Balaban J connectivity index is 1.86. The van der Waals surface area contributed by atoms with Gasteiger partial charge in [-0.1, -0.05) is 13.8 Å². The highest BCUT2D eigenvalue weighted by Crippen LogP contribution is 2.62. The number of anilines is 1. The molecule has 12 nitrogen and oxygen atoms in total. The average molecular weight is 457 g/mol. The molecule has 2 aromatic rings. The van der Waals surface area contributed by atoms with Crippen LogP contribution >= 0.6 is 7.60 Å². The number of aliphatic hydroxyl groups is 3. The third-order valence-electron chi connectivity index (χ3n) is 6.44. The third kappa shape index (κ3) is 3.12. The van der Waals surface area contributed by atoms with E-state index in [0.29, 0.717) is 11.5 Å². The fourth-order valence-electron chi connectivity index (χ4n) is 4.55. The van der Waals surface area contributed by atoms with Gasteiger partial charge in [-0.05, 0) is 26.7 Å². The molecule has 2 bridgehead atoms. The van der Waals surface area contributed by atoms with Crippen molar-refractivity contribution in [3.05, 3.63) is 12.2 Å². The van der Waals surface area contributed by atoms with Crippen LogP contribution in [-0.4, -0.2) is 69.0 Å². The van der Waals surface area contributed by atoms with Gasteiger partial charge in [0.1, 0.15) is 30.5 Å². The van der Waals surface area contributed by atoms with Gasteiger partial charge < -0.3 is 30.7 Å². The van der Waals surface area contributed by atoms with Gasteiger partial charge in [0, 0.05) is 0 Å². The quantitative estimate of drug-likeness (QED) is 0.383. The van der Waals surface area contributed by atoms with Crippen molar-refractivity contribution in [2.24, 2.45) is 0 Å². The lowest BCUT2D eigenvalue weighted by Gasteiger charge is -2.43. The monoisotopic (exact) mass is 457 g/mol. The number of aromatic nitrogens is 4. The van der Waals surface area contributed by atoms with Crippen molar-refractivity contribution in [2.45, 2.75) is 81.9 Å². The number of nitrogens with zero attached hydrogens (tertiary/aromatic N) is 4. The molecular formula is C18H28N5O7P. The molecule has 0 aromatic carbocycles. The van der Waals surface area contributed by atoms with Crippen molar-refractivity contribution in [1.29, 1.82) is 0 Å². The fraction of sp³-hybridized carbons (Fsp3) is 0.722. The van der Waals surface area contributed by atoms with Crippen LogP contribution in [0.5, 0.6) is 0 Å². The molecule has 0 amide bonds. The van der Waals surface area contributed by atoms with Crippen molar-refractivity contribution in [3.8, 4) is 0 Å². The summed E-state index contributed by atoms with van der Waals surface area (Å²) in [5, 5.41) is 30.0. The van der Waals surface area contributed by atoms with E-state index < -0.39 is 49.0 Å². The first kappa shape index (κ1) is 22.5. The molecule has 31 heavy (non-hydrogen) atoms. The van der Waals surface area contributed by atoms with Crippen molar-refractivity contribution < 1.29 is 34.0 Å². The van der Waals surface area contributed by atoms with Gasteiger partial charge in [-0.2, -0.15) is 0 Å². The SMILES string of the molecule is CCC(O)(CC)P(=O)(O)OC(C)(C)C1c2nc3c(N)ncnc3n2C2OC1[C@@H](O)[C@H]2O. The Morgan fingerprint density at radius 3 is 2.52 bits per heavy atom. The summed E-state index contributed by atoms with van der Waals surface area (Å²) >= 11 is 0. The van der Waals surface area contributed by atoms with Crippen LogP contribution in [0.2, 0.25) is 0 Å². The minimum absolute atomic E-state index is 0.00595. The Bertz CT molecular complexity index is 1060. The van der Waals surface area contributed by atoms with Crippen LogP contribution in [0.15, 0.2) is 6.33 Å². The van der Waals surface area contributed by atoms with Gasteiger partial charge in [0.25, 0.3) is 0 Å². The summed E-state index contributed by atoms with van der Waals surface area (Å²) in [6.45, 7) is 6.28. The lowest BCUT2D eigenvalue weighted by atomic mass is 9.83. The fourth-order valence-corrected chi connectivity index (χ4v) is 6.27. The van der Waals surface area contributed by atoms with Crippen LogP contribution in [0.3, 0.4) is 0 Å². The smallest absolute Gasteiger partial charge is 0.359 e. The number of aliphatic hydroxyl groups excluding tert-OH is 2. The van der Waals surface area contributed by atoms with E-state index in [4.69, 9.17) is 15.0 Å². The molecule has 6 atom stereocenters. The van der Waals surface area contributed by atoms with Crippen LogP contribution in [0.25, 0.3) is 11.2 Å². The highest BCUT2D eigenvalue weighted by atomic mass is 31.2. The van der Waals surface area contributed by atoms with Gasteiger partial charge in [0.2, 0.25) is 0 Å². The van der Waals surface area contributed by atoms with Crippen LogP contribution in [0, 0.1) is 0 Å². The van der Waals surface area contributed by atoms with Gasteiger partial charge >= 0.3 is 7.60 Å². The Morgan fingerprint density at radius 2 is 1.90 bits per heavy atom. The number of imidazole rings is 1. The zero-order chi connectivity index (χ0) is 22.9. The molecule has 4 heterocycles. The standard InChI is InChI=1S/C18H28N5O7P/c1-5-18(26,6-2)31(27,28)30-17(3,4)8-12-10(24)11(25)16(29-12)23-14(8)22-9-13(19)20-7-21-15(9)23/h7-8,10-12,16,24-26H,5-6H2,1-4H3,(H,27,28)(H2,19,20,21)/t8?,10-,11+,12?,16?/m0/s1. The summed E-state index contributed by atoms with van der Waals surface area (Å²) in [5.41, 5.74) is 5.07. The Morgan fingerprint density at radius 1 is 1.26 bits per heavy atom. The number of hydrogen-bond acceptors (Lipinski definition) is 10. The second-order valence-electron chi connectivity index (χ2n) is 8.63. The predicted octanol–water partition coefficient (Wildman–Crippen LogP) is 0.614. The molecule has 6 N–H and O–H groups in total. The normalized spacial score (nSPS) is 30.4. The maximum atomic E-state index is 13.1. The molecule has 2 aromatic heterocycles. The van der Waals surface area contributed by atoms with E-state index in [9.17, 15) is 24.8 Å². The van der Waals surface area contributed by atoms with Crippen LogP contribution in [0.4, 0.5) is 5.82 Å². The maximum absolute atomic E-state index is 13.1. The van der Waals surface area contributed by atoms with Crippen LogP contribution in [-0.2, 0) is 13.8 Å². The highest BCUT2D eigenvalue weighted by molar-refractivity contribution is 7.54. The van der Waals surface area contributed by atoms with Crippen molar-refractivity contribution in [2.75, 3.05) is 5.73 Å². The lowest BCUT2D eigenvalue weighted by molar-refractivity contribution is -0.104. The lowest BCUT2D eigenvalue weighted by Crippen LogP contribution is -2.47. The number of rotatable bonds is 6. The van der Waals surface area contributed by atoms with E-state index in [1.165, 1.54) is 10.9 Å². The van der Waals surface area contributed by atoms with Crippen molar-refractivity contribution in [3.63, 3.8) is 0 Å². The first-order valence-electron chi connectivity index (χ1n) is 10.1. The highest BCUT2D eigenvalue weighted by Gasteiger charge is 2.60. The number of fused-ring (bicyclic) bond motifs is 6. The van der Waals surface area contributed by atoms with E-state index in [1.54, 1.807) is 27.7 Å². The molecule has 0 aliphatic carbocycles. The predicted molar refractivity (Wildman–Crippen MR) is 109 cm³/mol. The van der Waals surface area contributed by atoms with E-state index in [1.807, 2.05) is 0 Å². The minimum atomic E-state index is -4.55. The molecule has 4 rings (SSSR count). The zero-order valence-electron chi connectivity index (χ0n) is 17.7. The molecule has 4 unspecified atom stereocenters. The number of ether oxygens (including phenoxy) is 1. The van der Waals surface area contributed by atoms with Gasteiger partial charge in [0.05, 0.1) is 11.5 Å². The zero-order valence-corrected chi connectivity index (χ0v) is 18.6. The Hall–Kier alpha value is -1.66. The van der Waals surface area contributed by atoms with Gasteiger partial charge in [0.15, 0.2) is 28.6 Å². The molecule has 13 heteroatoms. The summed E-state index contributed by atoms with van der Waals surface area (Å²) in [6, 6.07) is 0.